The Bertz CT molecular complexity index is 3830. The number of ether oxygens (including phenoxy) is 4. The molecular formula is C60H34B2N2O4. The average molecular weight is 869 g/mol. The maximum Gasteiger partial charge on any atom is 0.260 e. The maximum absolute atomic E-state index is 7.09. The number of hydrogen-bond donors (Lipinski definition) is 0. The Morgan fingerprint density at radius 1 is 0.265 bits per heavy atom. The summed E-state index contributed by atoms with van der Waals surface area (Å²) in [6.45, 7) is -0.130. The summed E-state index contributed by atoms with van der Waals surface area (Å²) in [5.74, 6) is 6.57. The van der Waals surface area contributed by atoms with Crippen molar-refractivity contribution in [1.29, 1.82) is 0 Å². The number of nitrogens with zero attached hydrogens (tertiary/aromatic N) is 2. The van der Waals surface area contributed by atoms with Gasteiger partial charge in [-0.1, -0.05) is 133 Å². The van der Waals surface area contributed by atoms with Crippen LogP contribution in [0.4, 0.5) is 0 Å². The molecule has 8 heteroatoms. The standard InChI is InChI=1S/C60H34B2N2O4/c1-7-19-47-39(13-1)40-14-2-8-20-48(40)63(47)37-31-55-59-57(33-37)67-53-29-35(25-27-45(53)61(59)43-17-5-11-23-51(43)65-55)36-26-28-46-54(30-36)68-58-34-38(32-56-60(58)62(46)44-18-6-12-24-52(44)66-56)64-49-21-9-3-15-41(49)42-16-4-10-22-50(42)64/h1-34H. The largest absolute Gasteiger partial charge is 0.458 e. The molecule has 0 N–H and O–H groups in total. The predicted octanol–water partition coefficient (Wildman–Crippen LogP) is 11.0. The highest BCUT2D eigenvalue weighted by Gasteiger charge is 2.42. The smallest absolute Gasteiger partial charge is 0.260 e. The van der Waals surface area contributed by atoms with Gasteiger partial charge in [0.2, 0.25) is 0 Å². The highest BCUT2D eigenvalue weighted by atomic mass is 16.5. The van der Waals surface area contributed by atoms with Crippen molar-refractivity contribution in [3.8, 4) is 68.5 Å². The van der Waals surface area contributed by atoms with E-state index in [4.69, 9.17) is 18.9 Å². The van der Waals surface area contributed by atoms with E-state index in [2.05, 4.69) is 203 Å². The summed E-state index contributed by atoms with van der Waals surface area (Å²) < 4.78 is 32.4. The normalized spacial score (nSPS) is 13.4. The summed E-state index contributed by atoms with van der Waals surface area (Å²) >= 11 is 0. The number of benzene rings is 10. The van der Waals surface area contributed by atoms with Crippen LogP contribution in [0.2, 0.25) is 0 Å². The van der Waals surface area contributed by atoms with E-state index in [1.165, 1.54) is 21.5 Å². The van der Waals surface area contributed by atoms with Crippen molar-refractivity contribution in [2.75, 3.05) is 0 Å². The van der Waals surface area contributed by atoms with Gasteiger partial charge in [0.25, 0.3) is 13.4 Å². The molecule has 0 fully saturated rings. The number of rotatable bonds is 3. The summed E-state index contributed by atoms with van der Waals surface area (Å²) in [6.07, 6.45) is 0. The van der Waals surface area contributed by atoms with E-state index in [-0.39, 0.29) is 13.4 Å². The third-order valence-electron chi connectivity index (χ3n) is 14.8. The molecule has 0 unspecified atom stereocenters. The van der Waals surface area contributed by atoms with Gasteiger partial charge in [0.05, 0.1) is 33.4 Å². The Kier molecular flexibility index (Phi) is 7.15. The van der Waals surface area contributed by atoms with Crippen LogP contribution < -0.4 is 51.7 Å². The molecule has 314 valence electrons. The minimum atomic E-state index is -0.0650. The number of fused-ring (bicyclic) bond motifs is 14. The Labute approximate surface area is 390 Å². The van der Waals surface area contributed by atoms with E-state index in [9.17, 15) is 0 Å². The summed E-state index contributed by atoms with van der Waals surface area (Å²) in [5.41, 5.74) is 15.1. The van der Waals surface area contributed by atoms with Gasteiger partial charge >= 0.3 is 0 Å². The quantitative estimate of drug-likeness (QED) is 0.166. The molecule has 12 aromatic rings. The molecular weight excluding hydrogens is 834 g/mol. The lowest BCUT2D eigenvalue weighted by Gasteiger charge is -2.34. The first-order valence-corrected chi connectivity index (χ1v) is 23.2. The zero-order valence-corrected chi connectivity index (χ0v) is 36.3. The van der Waals surface area contributed by atoms with E-state index in [1.54, 1.807) is 0 Å². The first-order chi connectivity index (χ1) is 33.7. The van der Waals surface area contributed by atoms with Gasteiger partial charge in [-0.05, 0) is 81.5 Å². The van der Waals surface area contributed by atoms with Crippen molar-refractivity contribution in [1.82, 2.24) is 9.13 Å². The van der Waals surface area contributed by atoms with Crippen LogP contribution >= 0.6 is 0 Å². The summed E-state index contributed by atoms with van der Waals surface area (Å²) in [5, 5.41) is 4.82. The van der Waals surface area contributed by atoms with Crippen LogP contribution in [-0.2, 0) is 0 Å². The molecule has 10 aromatic carbocycles. The zero-order valence-electron chi connectivity index (χ0n) is 36.3. The van der Waals surface area contributed by atoms with Gasteiger partial charge in [-0.25, -0.2) is 0 Å². The van der Waals surface area contributed by atoms with Gasteiger partial charge in [-0.2, -0.15) is 0 Å². The molecule has 6 heterocycles. The number of para-hydroxylation sites is 6. The molecule has 6 nitrogen and oxygen atoms in total. The van der Waals surface area contributed by atoms with Gasteiger partial charge in [0.15, 0.2) is 0 Å². The lowest BCUT2D eigenvalue weighted by atomic mass is 9.34. The van der Waals surface area contributed by atoms with Crippen molar-refractivity contribution in [2.24, 2.45) is 0 Å². The van der Waals surface area contributed by atoms with Gasteiger partial charge in [0, 0.05) is 56.7 Å². The van der Waals surface area contributed by atoms with Gasteiger partial charge < -0.3 is 28.1 Å². The van der Waals surface area contributed by atoms with Crippen molar-refractivity contribution in [2.45, 2.75) is 0 Å². The summed E-state index contributed by atoms with van der Waals surface area (Å²) in [4.78, 5) is 0. The van der Waals surface area contributed by atoms with E-state index in [0.29, 0.717) is 0 Å². The fourth-order valence-corrected chi connectivity index (χ4v) is 11.9. The van der Waals surface area contributed by atoms with Crippen LogP contribution in [0.1, 0.15) is 0 Å². The lowest BCUT2D eigenvalue weighted by molar-refractivity contribution is 0.463. The van der Waals surface area contributed by atoms with E-state index >= 15 is 0 Å². The SMILES string of the molecule is c1ccc2c(c1)Oc1cc(-n3c4ccccc4c4ccccc43)cc3c1B2c1ccc(-c2ccc4c(c2)Oc2cc(-n5c6ccccc6c6ccccc65)cc5c2B4c2ccccc2O5)cc1O3. The van der Waals surface area contributed by atoms with Crippen molar-refractivity contribution < 1.29 is 18.9 Å². The Morgan fingerprint density at radius 2 is 0.574 bits per heavy atom. The van der Waals surface area contributed by atoms with E-state index in [1.807, 2.05) is 12.1 Å². The van der Waals surface area contributed by atoms with Gasteiger partial charge in [-0.3, -0.25) is 0 Å². The maximum atomic E-state index is 7.09. The van der Waals surface area contributed by atoms with Crippen LogP contribution in [-0.4, -0.2) is 22.6 Å². The molecule has 0 radical (unpaired) electrons. The Hall–Kier alpha value is -8.87. The lowest BCUT2D eigenvalue weighted by Crippen LogP contribution is -2.57. The van der Waals surface area contributed by atoms with Gasteiger partial charge in [0.1, 0.15) is 46.0 Å². The fraction of sp³-hybridized carbons (Fsp3) is 0. The minimum absolute atomic E-state index is 0.0650. The fourth-order valence-electron chi connectivity index (χ4n) is 11.9. The van der Waals surface area contributed by atoms with Crippen LogP contribution in [0, 0.1) is 0 Å². The molecule has 0 amide bonds. The van der Waals surface area contributed by atoms with Crippen LogP contribution in [0.25, 0.3) is 66.1 Å². The van der Waals surface area contributed by atoms with Crippen molar-refractivity contribution in [3.05, 3.63) is 206 Å². The van der Waals surface area contributed by atoms with Crippen LogP contribution in [0.5, 0.6) is 46.0 Å². The van der Waals surface area contributed by atoms with Crippen LogP contribution in [0.15, 0.2) is 206 Å². The molecule has 4 aliphatic rings. The van der Waals surface area contributed by atoms with Crippen molar-refractivity contribution in [3.63, 3.8) is 0 Å². The minimum Gasteiger partial charge on any atom is -0.458 e. The second-order valence-corrected chi connectivity index (χ2v) is 18.3. The molecule has 0 bridgehead atoms. The highest BCUT2D eigenvalue weighted by Crippen LogP contribution is 2.43. The predicted molar refractivity (Wildman–Crippen MR) is 276 cm³/mol. The van der Waals surface area contributed by atoms with E-state index < -0.39 is 0 Å². The molecule has 0 atom stereocenters. The molecule has 0 saturated heterocycles. The first-order valence-electron chi connectivity index (χ1n) is 23.2. The first kappa shape index (κ1) is 36.4. The number of aromatic nitrogens is 2. The molecule has 0 aliphatic carbocycles. The van der Waals surface area contributed by atoms with Crippen LogP contribution in [0.3, 0.4) is 0 Å². The molecule has 68 heavy (non-hydrogen) atoms. The zero-order chi connectivity index (χ0) is 44.2. The summed E-state index contributed by atoms with van der Waals surface area (Å²) in [6, 6.07) is 73.2. The van der Waals surface area contributed by atoms with Crippen molar-refractivity contribution >= 4 is 89.8 Å². The molecule has 0 saturated carbocycles. The third kappa shape index (κ3) is 4.93. The molecule has 2 aromatic heterocycles. The Morgan fingerprint density at radius 3 is 0.956 bits per heavy atom. The topological polar surface area (TPSA) is 46.8 Å². The van der Waals surface area contributed by atoms with E-state index in [0.717, 1.165) is 123 Å². The summed E-state index contributed by atoms with van der Waals surface area (Å²) in [7, 11) is 0. The molecule has 4 aliphatic heterocycles. The molecule has 0 spiro atoms. The highest BCUT2D eigenvalue weighted by molar-refractivity contribution is 6.99. The second kappa shape index (κ2) is 13.4. The average Bonchev–Trinajstić information content (AvgIpc) is 3.91. The monoisotopic (exact) mass is 868 g/mol. The molecule has 16 rings (SSSR count). The number of hydrogen-bond acceptors (Lipinski definition) is 4. The Balaban J connectivity index is 0.840. The third-order valence-corrected chi connectivity index (χ3v) is 14.8. The second-order valence-electron chi connectivity index (χ2n) is 18.3. The van der Waals surface area contributed by atoms with Gasteiger partial charge in [-0.15, -0.1) is 0 Å².